The van der Waals surface area contributed by atoms with E-state index in [9.17, 15) is 0 Å². The van der Waals surface area contributed by atoms with E-state index in [1.807, 2.05) is 17.1 Å². The van der Waals surface area contributed by atoms with E-state index in [-0.39, 0.29) is 0 Å². The quantitative estimate of drug-likeness (QED) is 0.514. The Balaban J connectivity index is 1.54. The lowest BCUT2D eigenvalue weighted by molar-refractivity contribution is 0.219. The van der Waals surface area contributed by atoms with Crippen molar-refractivity contribution >= 4 is 22.4 Å². The molecule has 9 nitrogen and oxygen atoms in total. The van der Waals surface area contributed by atoms with Crippen LogP contribution in [0.3, 0.4) is 0 Å². The highest BCUT2D eigenvalue weighted by Crippen LogP contribution is 2.22. The van der Waals surface area contributed by atoms with Crippen LogP contribution < -0.4 is 16.5 Å². The molecule has 1 fully saturated rings. The highest BCUT2D eigenvalue weighted by Gasteiger charge is 2.14. The number of nitrogens with zero attached hydrogens (tertiary/aromatic N) is 7. The van der Waals surface area contributed by atoms with Crippen molar-refractivity contribution in [2.24, 2.45) is 10.7 Å². The third kappa shape index (κ3) is 5.62. The largest absolute Gasteiger partial charge is 0.329 e. The molecule has 4 rings (SSSR count). The summed E-state index contributed by atoms with van der Waals surface area (Å²) in [6, 6.07) is 2.14. The Bertz CT molecular complexity index is 1080. The predicted molar refractivity (Wildman–Crippen MR) is 128 cm³/mol. The van der Waals surface area contributed by atoms with Gasteiger partial charge in [0.2, 0.25) is 0 Å². The first-order valence-electron chi connectivity index (χ1n) is 11.4. The summed E-state index contributed by atoms with van der Waals surface area (Å²) in [7, 11) is 1.80. The molecule has 0 aliphatic carbocycles. The zero-order valence-corrected chi connectivity index (χ0v) is 19.8. The van der Waals surface area contributed by atoms with Gasteiger partial charge in [-0.05, 0) is 50.0 Å². The Morgan fingerprint density at radius 3 is 2.75 bits per heavy atom. The van der Waals surface area contributed by atoms with Crippen molar-refractivity contribution in [3.63, 3.8) is 0 Å². The Kier molecular flexibility index (Phi) is 7.67. The van der Waals surface area contributed by atoms with Gasteiger partial charge < -0.3 is 15.6 Å². The maximum atomic E-state index is 5.65. The van der Waals surface area contributed by atoms with Crippen LogP contribution in [0.25, 0.3) is 0 Å². The van der Waals surface area contributed by atoms with Gasteiger partial charge in [-0.1, -0.05) is 13.3 Å². The molecule has 0 spiro atoms. The number of aromatic nitrogens is 5. The van der Waals surface area contributed by atoms with E-state index < -0.39 is 0 Å². The smallest absolute Gasteiger partial charge is 0.174 e. The maximum Gasteiger partial charge on any atom is 0.174 e. The molecule has 3 N–H and O–H groups in total. The summed E-state index contributed by atoms with van der Waals surface area (Å²) in [5.41, 5.74) is 9.68. The van der Waals surface area contributed by atoms with Gasteiger partial charge >= 0.3 is 0 Å². The molecule has 0 unspecified atom stereocenters. The highest BCUT2D eigenvalue weighted by molar-refractivity contribution is 7.10. The van der Waals surface area contributed by atoms with Crippen molar-refractivity contribution in [3.8, 4) is 0 Å². The second-order valence-corrected chi connectivity index (χ2v) is 8.96. The van der Waals surface area contributed by atoms with Crippen LogP contribution in [0, 0.1) is 0 Å². The van der Waals surface area contributed by atoms with Gasteiger partial charge in [-0.2, -0.15) is 9.47 Å². The zero-order valence-electron chi connectivity index (χ0n) is 19.0. The molecule has 4 heterocycles. The second kappa shape index (κ2) is 10.8. The van der Waals surface area contributed by atoms with Crippen molar-refractivity contribution in [2.75, 3.05) is 32.0 Å². The molecular formula is C22H33N9S. The highest BCUT2D eigenvalue weighted by atomic mass is 32.1. The normalized spacial score (nSPS) is 15.4. The standard InChI is InChI=1S/C22H33N9S/c1-3-18-16-30(13-17-12-25-31(14-17)10-7-23)22(24-2)21(26-18)27-20-11-19(28-32-20)15-29-8-5-4-6-9-29/h11-12,14,16H,3-10,13,15,23H2,1-2H3,(H,26,27). The first kappa shape index (κ1) is 22.6. The predicted octanol–water partition coefficient (Wildman–Crippen LogP) is 2.37. The van der Waals surface area contributed by atoms with Crippen molar-refractivity contribution in [1.29, 1.82) is 0 Å². The fourth-order valence-corrected chi connectivity index (χ4v) is 4.71. The molecular weight excluding hydrogens is 422 g/mol. The average Bonchev–Trinajstić information content (AvgIpc) is 3.44. The number of piperidine rings is 1. The van der Waals surface area contributed by atoms with Crippen LogP contribution in [0.2, 0.25) is 0 Å². The number of aryl methyl sites for hydroxylation is 1. The van der Waals surface area contributed by atoms with Gasteiger partial charge in [0.15, 0.2) is 11.3 Å². The van der Waals surface area contributed by atoms with Crippen molar-refractivity contribution in [3.05, 3.63) is 47.1 Å². The summed E-state index contributed by atoms with van der Waals surface area (Å²) < 4.78 is 8.67. The Morgan fingerprint density at radius 2 is 2.00 bits per heavy atom. The molecule has 0 amide bonds. The van der Waals surface area contributed by atoms with Crippen LogP contribution in [-0.4, -0.2) is 55.3 Å². The minimum atomic E-state index is 0.571. The monoisotopic (exact) mass is 455 g/mol. The number of hydrogen-bond donors (Lipinski definition) is 2. The number of nitrogens with two attached hydrogens (primary N) is 1. The van der Waals surface area contributed by atoms with Crippen molar-refractivity contribution in [2.45, 2.75) is 52.2 Å². The van der Waals surface area contributed by atoms with Gasteiger partial charge in [-0.25, -0.2) is 4.98 Å². The summed E-state index contributed by atoms with van der Waals surface area (Å²) in [5, 5.41) is 8.86. The third-order valence-corrected chi connectivity index (χ3v) is 6.39. The van der Waals surface area contributed by atoms with Gasteiger partial charge in [0.1, 0.15) is 5.00 Å². The van der Waals surface area contributed by atoms with E-state index in [2.05, 4.69) is 48.4 Å². The molecule has 0 saturated carbocycles. The summed E-state index contributed by atoms with van der Waals surface area (Å²) in [4.78, 5) is 11.9. The number of nitrogens with one attached hydrogen (secondary N) is 1. The lowest BCUT2D eigenvalue weighted by Gasteiger charge is -2.25. The summed E-state index contributed by atoms with van der Waals surface area (Å²) in [5.74, 6) is 0.759. The van der Waals surface area contributed by atoms with E-state index in [1.54, 1.807) is 7.05 Å². The van der Waals surface area contributed by atoms with Gasteiger partial charge in [-0.15, -0.1) is 0 Å². The van der Waals surface area contributed by atoms with E-state index in [1.165, 1.54) is 43.9 Å². The van der Waals surface area contributed by atoms with Crippen LogP contribution in [0.5, 0.6) is 0 Å². The van der Waals surface area contributed by atoms with Crippen LogP contribution in [0.15, 0.2) is 29.6 Å². The molecule has 32 heavy (non-hydrogen) atoms. The molecule has 0 aromatic carbocycles. The number of anilines is 2. The zero-order chi connectivity index (χ0) is 22.3. The molecule has 3 aromatic rings. The Labute approximate surface area is 193 Å². The Hall–Kier alpha value is -2.56. The number of rotatable bonds is 9. The van der Waals surface area contributed by atoms with Crippen LogP contribution in [-0.2, 0) is 26.1 Å². The molecule has 0 atom stereocenters. The molecule has 1 aliphatic rings. The SMILES string of the molecule is CCc1cn(Cc2cnn(CCN)c2)c(=NC)c(Nc2cc(CN3CCCCC3)ns2)n1. The van der Waals surface area contributed by atoms with Crippen LogP contribution in [0.1, 0.15) is 43.1 Å². The van der Waals surface area contributed by atoms with Gasteiger partial charge in [-0.3, -0.25) is 14.6 Å². The first-order valence-corrected chi connectivity index (χ1v) is 12.2. The second-order valence-electron chi connectivity index (χ2n) is 8.15. The summed E-state index contributed by atoms with van der Waals surface area (Å²) >= 11 is 1.48. The summed E-state index contributed by atoms with van der Waals surface area (Å²) in [6.07, 6.45) is 10.8. The lowest BCUT2D eigenvalue weighted by Crippen LogP contribution is -2.29. The fourth-order valence-electron chi connectivity index (χ4n) is 4.06. The van der Waals surface area contributed by atoms with E-state index in [4.69, 9.17) is 10.7 Å². The van der Waals surface area contributed by atoms with Gasteiger partial charge in [0.05, 0.1) is 30.7 Å². The van der Waals surface area contributed by atoms with Crippen molar-refractivity contribution < 1.29 is 0 Å². The van der Waals surface area contributed by atoms with E-state index >= 15 is 0 Å². The molecule has 10 heteroatoms. The molecule has 1 aliphatic heterocycles. The summed E-state index contributed by atoms with van der Waals surface area (Å²) in [6.45, 7) is 7.32. The molecule has 3 aromatic heterocycles. The molecule has 1 saturated heterocycles. The Morgan fingerprint density at radius 1 is 1.16 bits per heavy atom. The van der Waals surface area contributed by atoms with Gasteiger partial charge in [0, 0.05) is 38.1 Å². The minimum absolute atomic E-state index is 0.571. The minimum Gasteiger partial charge on any atom is -0.329 e. The third-order valence-electron chi connectivity index (χ3n) is 5.65. The average molecular weight is 456 g/mol. The van der Waals surface area contributed by atoms with Gasteiger partial charge in [0.25, 0.3) is 0 Å². The van der Waals surface area contributed by atoms with Crippen LogP contribution >= 0.6 is 11.5 Å². The van der Waals surface area contributed by atoms with E-state index in [0.717, 1.165) is 46.2 Å². The number of hydrogen-bond acceptors (Lipinski definition) is 8. The molecule has 0 radical (unpaired) electrons. The van der Waals surface area contributed by atoms with E-state index in [0.29, 0.717) is 19.6 Å². The topological polar surface area (TPSA) is 102 Å². The molecule has 172 valence electrons. The van der Waals surface area contributed by atoms with Crippen LogP contribution in [0.4, 0.5) is 10.8 Å². The first-order chi connectivity index (χ1) is 15.7. The van der Waals surface area contributed by atoms with Crippen molar-refractivity contribution in [1.82, 2.24) is 28.6 Å². The number of likely N-dealkylation sites (tertiary alicyclic amines) is 1. The maximum absolute atomic E-state index is 5.65. The lowest BCUT2D eigenvalue weighted by atomic mass is 10.1. The fraction of sp³-hybridized carbons (Fsp3) is 0.545. The molecule has 0 bridgehead atoms.